The SMILES string of the molecule is C[C@H](O)[C@H]1C(=O)N2C(C(=O)O)=C(S[C@@H]3CN[C@H](C(=O)NCc4cc(C(=O)O)co4)C3)[C@H](C)C12. The van der Waals surface area contributed by atoms with Gasteiger partial charge >= 0.3 is 11.9 Å². The molecule has 0 spiro atoms. The van der Waals surface area contributed by atoms with Gasteiger partial charge in [-0.1, -0.05) is 6.92 Å². The number of carboxylic acids is 2. The number of hydrogen-bond acceptors (Lipinski definition) is 8. The summed E-state index contributed by atoms with van der Waals surface area (Å²) in [6.07, 6.45) is 0.704. The van der Waals surface area contributed by atoms with Crippen LogP contribution in [-0.2, 0) is 20.9 Å². The molecule has 12 heteroatoms. The molecule has 3 aliphatic rings. The molecule has 0 saturated carbocycles. The highest BCUT2D eigenvalue weighted by Gasteiger charge is 2.60. The molecule has 2 fully saturated rings. The Kier molecular flexibility index (Phi) is 6.25. The Balaban J connectivity index is 1.37. The topological polar surface area (TPSA) is 169 Å². The molecule has 4 rings (SSSR count). The summed E-state index contributed by atoms with van der Waals surface area (Å²) in [5, 5.41) is 34.4. The van der Waals surface area contributed by atoms with Crippen LogP contribution >= 0.6 is 11.8 Å². The van der Waals surface area contributed by atoms with Gasteiger partial charge < -0.3 is 35.3 Å². The van der Waals surface area contributed by atoms with E-state index < -0.39 is 30.0 Å². The number of hydrogen-bond donors (Lipinski definition) is 5. The maximum Gasteiger partial charge on any atom is 0.353 e. The smallest absolute Gasteiger partial charge is 0.353 e. The monoisotopic (exact) mass is 479 g/mol. The molecule has 0 aromatic carbocycles. The number of carbonyl (C=O) groups is 4. The van der Waals surface area contributed by atoms with E-state index in [1.807, 2.05) is 6.92 Å². The molecule has 1 aromatic rings. The predicted octanol–water partition coefficient (Wildman–Crippen LogP) is 0.211. The van der Waals surface area contributed by atoms with Gasteiger partial charge in [0.05, 0.1) is 36.2 Å². The van der Waals surface area contributed by atoms with E-state index in [1.165, 1.54) is 29.7 Å². The van der Waals surface area contributed by atoms with Gasteiger partial charge in [0, 0.05) is 22.6 Å². The standard InChI is InChI=1S/C21H25N3O8S/c1-8-15-14(9(2)25)19(27)24(15)16(21(30)31)17(8)33-12-4-13(22-6-12)18(26)23-5-11-3-10(7-32-11)20(28)29/h3,7-9,12-15,22,25H,4-6H2,1-2H3,(H,23,26)(H,28,29)(H,30,31)/t8-,9+,12+,13+,14-,15?/m1/s1. The largest absolute Gasteiger partial charge is 0.478 e. The van der Waals surface area contributed by atoms with Crippen molar-refractivity contribution in [2.45, 2.75) is 50.3 Å². The Hall–Kier alpha value is -2.83. The second kappa shape index (κ2) is 8.84. The van der Waals surface area contributed by atoms with Crippen LogP contribution in [0.2, 0.25) is 0 Å². The van der Waals surface area contributed by atoms with Crippen molar-refractivity contribution >= 4 is 35.5 Å². The van der Waals surface area contributed by atoms with Crippen molar-refractivity contribution < 1.29 is 38.9 Å². The number of carbonyl (C=O) groups excluding carboxylic acids is 2. The zero-order valence-electron chi connectivity index (χ0n) is 18.0. The first-order valence-electron chi connectivity index (χ1n) is 10.6. The number of nitrogens with one attached hydrogen (secondary N) is 2. The van der Waals surface area contributed by atoms with Gasteiger partial charge in [-0.15, -0.1) is 11.8 Å². The number of aliphatic hydroxyl groups is 1. The number of nitrogens with zero attached hydrogens (tertiary/aromatic N) is 1. The first kappa shape index (κ1) is 23.3. The van der Waals surface area contributed by atoms with Gasteiger partial charge in [0.25, 0.3) is 0 Å². The van der Waals surface area contributed by atoms with Gasteiger partial charge in [0.2, 0.25) is 11.8 Å². The first-order valence-corrected chi connectivity index (χ1v) is 11.4. The third kappa shape index (κ3) is 4.13. The van der Waals surface area contributed by atoms with Crippen molar-refractivity contribution in [2.75, 3.05) is 6.54 Å². The van der Waals surface area contributed by atoms with E-state index in [1.54, 1.807) is 0 Å². The Bertz CT molecular complexity index is 1030. The maximum absolute atomic E-state index is 12.5. The fourth-order valence-electron chi connectivity index (χ4n) is 4.73. The fourth-order valence-corrected chi connectivity index (χ4v) is 6.21. The van der Waals surface area contributed by atoms with Crippen LogP contribution in [0.15, 0.2) is 27.3 Å². The number of aromatic carboxylic acids is 1. The maximum atomic E-state index is 12.5. The van der Waals surface area contributed by atoms with Crippen LogP contribution in [0.25, 0.3) is 0 Å². The van der Waals surface area contributed by atoms with Crippen molar-refractivity contribution in [3.63, 3.8) is 0 Å². The number of carboxylic acid groups (broad SMARTS) is 2. The molecular formula is C21H25N3O8S. The number of thioether (sulfide) groups is 1. The minimum absolute atomic E-state index is 0.00363. The molecule has 3 aliphatic heterocycles. The lowest BCUT2D eigenvalue weighted by Gasteiger charge is -2.46. The number of furan rings is 1. The third-order valence-electron chi connectivity index (χ3n) is 6.35. The average molecular weight is 480 g/mol. The highest BCUT2D eigenvalue weighted by molar-refractivity contribution is 8.03. The minimum atomic E-state index is -1.18. The van der Waals surface area contributed by atoms with Crippen LogP contribution in [0.1, 0.15) is 36.4 Å². The summed E-state index contributed by atoms with van der Waals surface area (Å²) in [5.74, 6) is -3.46. The summed E-state index contributed by atoms with van der Waals surface area (Å²) in [6.45, 7) is 3.92. The average Bonchev–Trinajstić information content (AvgIpc) is 3.45. The summed E-state index contributed by atoms with van der Waals surface area (Å²) < 4.78 is 5.12. The lowest BCUT2D eigenvalue weighted by Crippen LogP contribution is -2.63. The zero-order chi connectivity index (χ0) is 24.0. The number of rotatable bonds is 8. The van der Waals surface area contributed by atoms with Gasteiger partial charge in [-0.3, -0.25) is 9.59 Å². The van der Waals surface area contributed by atoms with E-state index in [-0.39, 0.29) is 46.8 Å². The molecule has 0 aliphatic carbocycles. The van der Waals surface area contributed by atoms with Crippen LogP contribution in [0.4, 0.5) is 0 Å². The van der Waals surface area contributed by atoms with Crippen molar-refractivity contribution in [3.8, 4) is 0 Å². The lowest BCUT2D eigenvalue weighted by molar-refractivity contribution is -0.163. The Morgan fingerprint density at radius 3 is 2.67 bits per heavy atom. The van der Waals surface area contributed by atoms with E-state index >= 15 is 0 Å². The number of aliphatic carboxylic acids is 1. The summed E-state index contributed by atoms with van der Waals surface area (Å²) >= 11 is 1.36. The summed E-state index contributed by atoms with van der Waals surface area (Å²) in [5.41, 5.74) is -0.0247. The number of aliphatic hydroxyl groups excluding tert-OH is 1. The van der Waals surface area contributed by atoms with Crippen molar-refractivity contribution in [1.82, 2.24) is 15.5 Å². The second-order valence-corrected chi connectivity index (χ2v) is 9.88. The summed E-state index contributed by atoms with van der Waals surface area (Å²) in [4.78, 5) is 49.7. The van der Waals surface area contributed by atoms with Gasteiger partial charge in [-0.2, -0.15) is 0 Å². The Morgan fingerprint density at radius 1 is 1.33 bits per heavy atom. The van der Waals surface area contributed by atoms with Gasteiger partial charge in [-0.25, -0.2) is 9.59 Å². The molecule has 2 amide bonds. The fraction of sp³-hybridized carbons (Fsp3) is 0.524. The molecule has 0 radical (unpaired) electrons. The van der Waals surface area contributed by atoms with Gasteiger partial charge in [0.1, 0.15) is 17.7 Å². The Morgan fingerprint density at radius 2 is 2.06 bits per heavy atom. The molecule has 0 bridgehead atoms. The Labute approximate surface area is 193 Å². The van der Waals surface area contributed by atoms with E-state index in [0.717, 1.165) is 6.26 Å². The highest BCUT2D eigenvalue weighted by atomic mass is 32.2. The van der Waals surface area contributed by atoms with Crippen molar-refractivity contribution in [2.24, 2.45) is 11.8 Å². The van der Waals surface area contributed by atoms with E-state index in [4.69, 9.17) is 9.52 Å². The van der Waals surface area contributed by atoms with E-state index in [9.17, 15) is 29.4 Å². The predicted molar refractivity (Wildman–Crippen MR) is 115 cm³/mol. The van der Waals surface area contributed by atoms with Crippen LogP contribution in [-0.4, -0.2) is 74.0 Å². The molecular weight excluding hydrogens is 454 g/mol. The molecule has 11 nitrogen and oxygen atoms in total. The lowest BCUT2D eigenvalue weighted by atomic mass is 9.79. The van der Waals surface area contributed by atoms with Crippen LogP contribution < -0.4 is 10.6 Å². The molecule has 2 saturated heterocycles. The number of fused-ring (bicyclic) bond motifs is 1. The third-order valence-corrected chi connectivity index (χ3v) is 7.86. The second-order valence-electron chi connectivity index (χ2n) is 8.53. The molecule has 6 atom stereocenters. The molecule has 1 aromatic heterocycles. The molecule has 33 heavy (non-hydrogen) atoms. The quantitative estimate of drug-likeness (QED) is 0.325. The van der Waals surface area contributed by atoms with E-state index in [2.05, 4.69) is 10.6 Å². The van der Waals surface area contributed by atoms with Crippen molar-refractivity contribution in [3.05, 3.63) is 34.3 Å². The molecule has 1 unspecified atom stereocenters. The van der Waals surface area contributed by atoms with Crippen LogP contribution in [0.5, 0.6) is 0 Å². The van der Waals surface area contributed by atoms with Crippen LogP contribution in [0, 0.1) is 11.8 Å². The van der Waals surface area contributed by atoms with Crippen LogP contribution in [0.3, 0.4) is 0 Å². The minimum Gasteiger partial charge on any atom is -0.478 e. The molecule has 178 valence electrons. The number of amides is 2. The first-order chi connectivity index (χ1) is 15.6. The van der Waals surface area contributed by atoms with E-state index in [0.29, 0.717) is 23.6 Å². The molecule has 4 heterocycles. The van der Waals surface area contributed by atoms with Gasteiger partial charge in [0.15, 0.2) is 0 Å². The molecule has 5 N–H and O–H groups in total. The van der Waals surface area contributed by atoms with Gasteiger partial charge in [-0.05, 0) is 19.4 Å². The summed E-state index contributed by atoms with van der Waals surface area (Å²) in [6, 6.07) is 0.477. The normalized spacial score (nSPS) is 29.6. The number of β-lactam (4-membered cyclic amide) rings is 1. The zero-order valence-corrected chi connectivity index (χ0v) is 18.8. The van der Waals surface area contributed by atoms with Crippen molar-refractivity contribution in [1.29, 1.82) is 0 Å². The summed E-state index contributed by atoms with van der Waals surface area (Å²) in [7, 11) is 0. The highest BCUT2D eigenvalue weighted by Crippen LogP contribution is 2.51.